The Morgan fingerprint density at radius 2 is 1.69 bits per heavy atom. The number of hydrogen-bond donors (Lipinski definition) is 2. The topological polar surface area (TPSA) is 109 Å². The van der Waals surface area contributed by atoms with Gasteiger partial charge in [0.2, 0.25) is 0 Å². The fourth-order valence-electron chi connectivity index (χ4n) is 5.01. The molecule has 2 aliphatic rings. The van der Waals surface area contributed by atoms with Gasteiger partial charge in [0.15, 0.2) is 0 Å². The zero-order chi connectivity index (χ0) is 24.6. The van der Waals surface area contributed by atoms with Crippen molar-refractivity contribution in [3.63, 3.8) is 0 Å². The van der Waals surface area contributed by atoms with E-state index in [9.17, 15) is 19.5 Å². The first-order valence-electron chi connectivity index (χ1n) is 11.5. The highest BCUT2D eigenvalue weighted by Crippen LogP contribution is 2.44. The zero-order valence-electron chi connectivity index (χ0n) is 19.2. The van der Waals surface area contributed by atoms with Gasteiger partial charge in [-0.3, -0.25) is 10.1 Å². The predicted octanol–water partition coefficient (Wildman–Crippen LogP) is 4.52. The maximum atomic E-state index is 13.0. The van der Waals surface area contributed by atoms with E-state index in [1.807, 2.05) is 36.4 Å². The zero-order valence-corrected chi connectivity index (χ0v) is 19.2. The minimum Gasteiger partial charge on any atom is -0.480 e. The summed E-state index contributed by atoms with van der Waals surface area (Å²) >= 11 is 0. The van der Waals surface area contributed by atoms with Gasteiger partial charge in [-0.1, -0.05) is 54.6 Å². The van der Waals surface area contributed by atoms with Crippen LogP contribution in [0, 0.1) is 0 Å². The summed E-state index contributed by atoms with van der Waals surface area (Å²) in [5.41, 5.74) is 3.30. The molecule has 1 aliphatic heterocycles. The summed E-state index contributed by atoms with van der Waals surface area (Å²) in [6.07, 6.45) is 0.304. The maximum absolute atomic E-state index is 13.0. The predicted molar refractivity (Wildman–Crippen MR) is 129 cm³/mol. The first kappa shape index (κ1) is 22.6. The third kappa shape index (κ3) is 4.01. The van der Waals surface area contributed by atoms with Gasteiger partial charge in [-0.25, -0.2) is 14.6 Å². The van der Waals surface area contributed by atoms with Crippen molar-refractivity contribution in [1.82, 2.24) is 9.88 Å². The normalized spacial score (nSPS) is 18.6. The van der Waals surface area contributed by atoms with Gasteiger partial charge < -0.3 is 14.7 Å². The number of likely N-dealkylation sites (tertiary alicyclic amines) is 1. The Kier molecular flexibility index (Phi) is 5.72. The van der Waals surface area contributed by atoms with Crippen LogP contribution in [0.5, 0.6) is 0 Å². The van der Waals surface area contributed by atoms with Crippen LogP contribution in [0.2, 0.25) is 0 Å². The lowest BCUT2D eigenvalue weighted by Crippen LogP contribution is -2.51. The van der Waals surface area contributed by atoms with Crippen LogP contribution in [0.3, 0.4) is 0 Å². The minimum absolute atomic E-state index is 0.0656. The van der Waals surface area contributed by atoms with E-state index >= 15 is 0 Å². The van der Waals surface area contributed by atoms with Gasteiger partial charge in [0.05, 0.1) is 0 Å². The van der Waals surface area contributed by atoms with Gasteiger partial charge in [0.1, 0.15) is 23.7 Å². The molecule has 3 aromatic rings. The van der Waals surface area contributed by atoms with Crippen molar-refractivity contribution in [2.24, 2.45) is 0 Å². The van der Waals surface area contributed by atoms with Crippen molar-refractivity contribution < 1.29 is 24.2 Å². The second-order valence-corrected chi connectivity index (χ2v) is 9.00. The molecule has 1 atom stereocenters. The first-order chi connectivity index (χ1) is 16.9. The molecule has 8 heteroatoms. The number of aromatic nitrogens is 1. The molecule has 8 nitrogen and oxygen atoms in total. The van der Waals surface area contributed by atoms with E-state index in [0.717, 1.165) is 22.3 Å². The lowest BCUT2D eigenvalue weighted by atomic mass is 9.98. The van der Waals surface area contributed by atoms with Crippen LogP contribution >= 0.6 is 0 Å². The van der Waals surface area contributed by atoms with Crippen LogP contribution in [-0.2, 0) is 9.53 Å². The number of pyridine rings is 1. The quantitative estimate of drug-likeness (QED) is 0.566. The van der Waals surface area contributed by atoms with Gasteiger partial charge in [0.25, 0.3) is 5.91 Å². The lowest BCUT2D eigenvalue weighted by Gasteiger charge is -2.30. The third-order valence-electron chi connectivity index (χ3n) is 6.89. The number of carbonyl (C=O) groups is 3. The number of carboxylic acids is 1. The number of aliphatic carboxylic acids is 1. The summed E-state index contributed by atoms with van der Waals surface area (Å²) in [4.78, 5) is 42.9. The molecule has 0 bridgehead atoms. The molecule has 2 amide bonds. The molecule has 1 saturated heterocycles. The Hall–Kier alpha value is -4.20. The van der Waals surface area contributed by atoms with Crippen LogP contribution in [0.15, 0.2) is 66.7 Å². The van der Waals surface area contributed by atoms with Gasteiger partial charge in [-0.2, -0.15) is 0 Å². The van der Waals surface area contributed by atoms with Crippen LogP contribution in [0.4, 0.5) is 10.6 Å². The number of benzene rings is 2. The number of amides is 2. The highest BCUT2D eigenvalue weighted by Gasteiger charge is 2.46. The SMILES string of the molecule is C[C@@]1(C(=O)O)CCCN1C(=O)c1cccc(NC(=O)OCC2c3ccccc3-c3ccccc32)n1. The fourth-order valence-corrected chi connectivity index (χ4v) is 5.01. The Morgan fingerprint density at radius 1 is 1.03 bits per heavy atom. The first-order valence-corrected chi connectivity index (χ1v) is 11.5. The number of carboxylic acid groups (broad SMARTS) is 1. The average molecular weight is 472 g/mol. The summed E-state index contributed by atoms with van der Waals surface area (Å²) in [7, 11) is 0. The van der Waals surface area contributed by atoms with Gasteiger partial charge in [-0.15, -0.1) is 0 Å². The van der Waals surface area contributed by atoms with E-state index in [1.165, 1.54) is 11.0 Å². The minimum atomic E-state index is -1.27. The van der Waals surface area contributed by atoms with Crippen molar-refractivity contribution in [3.05, 3.63) is 83.6 Å². The molecule has 1 fully saturated rings. The van der Waals surface area contributed by atoms with Crippen LogP contribution in [0.1, 0.15) is 47.3 Å². The van der Waals surface area contributed by atoms with E-state index in [0.29, 0.717) is 19.4 Å². The van der Waals surface area contributed by atoms with Crippen molar-refractivity contribution in [3.8, 4) is 11.1 Å². The number of anilines is 1. The molecule has 0 saturated carbocycles. The molecule has 2 heterocycles. The average Bonchev–Trinajstić information content (AvgIpc) is 3.41. The molecular weight excluding hydrogens is 446 g/mol. The molecule has 5 rings (SSSR count). The molecule has 2 aromatic carbocycles. The molecule has 2 N–H and O–H groups in total. The molecule has 1 aromatic heterocycles. The fraction of sp³-hybridized carbons (Fsp3) is 0.259. The lowest BCUT2D eigenvalue weighted by molar-refractivity contribution is -0.147. The Labute approximate surface area is 202 Å². The summed E-state index contributed by atoms with van der Waals surface area (Å²) in [6, 6.07) is 20.8. The molecule has 178 valence electrons. The third-order valence-corrected chi connectivity index (χ3v) is 6.89. The van der Waals surface area contributed by atoms with Crippen molar-refractivity contribution in [2.45, 2.75) is 31.2 Å². The van der Waals surface area contributed by atoms with Crippen molar-refractivity contribution >= 4 is 23.8 Å². The number of ether oxygens (including phenoxy) is 1. The molecule has 0 spiro atoms. The summed E-state index contributed by atoms with van der Waals surface area (Å²) in [5, 5.41) is 12.2. The Balaban J connectivity index is 1.27. The molecule has 0 radical (unpaired) electrons. The molecule has 1 aliphatic carbocycles. The Morgan fingerprint density at radius 3 is 2.34 bits per heavy atom. The van der Waals surface area contributed by atoms with Gasteiger partial charge >= 0.3 is 12.1 Å². The van der Waals surface area contributed by atoms with Crippen LogP contribution in [0.25, 0.3) is 11.1 Å². The van der Waals surface area contributed by atoms with Crippen LogP contribution in [-0.4, -0.2) is 51.7 Å². The monoisotopic (exact) mass is 471 g/mol. The summed E-state index contributed by atoms with van der Waals surface area (Å²) in [6.45, 7) is 2.04. The van der Waals surface area contributed by atoms with Gasteiger partial charge in [0, 0.05) is 12.5 Å². The number of nitrogens with one attached hydrogen (secondary N) is 1. The summed E-state index contributed by atoms with van der Waals surface area (Å²) in [5.74, 6) is -1.44. The van der Waals surface area contributed by atoms with Gasteiger partial charge in [-0.05, 0) is 54.2 Å². The number of rotatable bonds is 5. The van der Waals surface area contributed by atoms with E-state index in [-0.39, 0.29) is 24.0 Å². The van der Waals surface area contributed by atoms with E-state index in [1.54, 1.807) is 19.1 Å². The second kappa shape index (κ2) is 8.87. The number of fused-ring (bicyclic) bond motifs is 3. The highest BCUT2D eigenvalue weighted by atomic mass is 16.5. The second-order valence-electron chi connectivity index (χ2n) is 9.00. The number of hydrogen-bond acceptors (Lipinski definition) is 5. The molecular formula is C27H25N3O5. The standard InChI is InChI=1S/C27H25N3O5/c1-27(25(32)33)14-7-15-30(27)24(31)22-12-6-13-23(28-22)29-26(34)35-16-21-19-10-4-2-8-17(19)18-9-3-5-11-20(18)21/h2-6,8-13,21H,7,14-16H2,1H3,(H,32,33)(H,28,29,34)/t27-/m0/s1. The summed E-state index contributed by atoms with van der Waals surface area (Å²) < 4.78 is 5.55. The maximum Gasteiger partial charge on any atom is 0.412 e. The van der Waals surface area contributed by atoms with E-state index in [2.05, 4.69) is 22.4 Å². The van der Waals surface area contributed by atoms with Crippen molar-refractivity contribution in [2.75, 3.05) is 18.5 Å². The number of carbonyl (C=O) groups excluding carboxylic acids is 2. The van der Waals surface area contributed by atoms with Crippen LogP contribution < -0.4 is 5.32 Å². The molecule has 35 heavy (non-hydrogen) atoms. The van der Waals surface area contributed by atoms with E-state index in [4.69, 9.17) is 4.74 Å². The molecule has 0 unspecified atom stereocenters. The smallest absolute Gasteiger partial charge is 0.412 e. The largest absolute Gasteiger partial charge is 0.480 e. The van der Waals surface area contributed by atoms with Crippen molar-refractivity contribution in [1.29, 1.82) is 0 Å². The highest BCUT2D eigenvalue weighted by molar-refractivity contribution is 5.97. The number of nitrogens with zero attached hydrogens (tertiary/aromatic N) is 2. The Bertz CT molecular complexity index is 1280. The van der Waals surface area contributed by atoms with E-state index < -0.39 is 23.5 Å².